The minimum Gasteiger partial charge on any atom is -0.476 e. The first-order valence-electron chi connectivity index (χ1n) is 7.63. The molecule has 0 radical (unpaired) electrons. The zero-order chi connectivity index (χ0) is 16.9. The summed E-state index contributed by atoms with van der Waals surface area (Å²) < 4.78 is 1.78. The summed E-state index contributed by atoms with van der Waals surface area (Å²) in [4.78, 5) is 28.5. The van der Waals surface area contributed by atoms with Gasteiger partial charge in [-0.15, -0.1) is 11.3 Å². The molecule has 1 atom stereocenters. The molecular weight excluding hydrogens is 314 g/mol. The highest BCUT2D eigenvalue weighted by molar-refractivity contribution is 7.15. The molecule has 0 bridgehead atoms. The highest BCUT2D eigenvalue weighted by atomic mass is 32.1. The average molecular weight is 333 g/mol. The number of nitrogens with zero attached hydrogens (tertiary/aromatic N) is 3. The van der Waals surface area contributed by atoms with Gasteiger partial charge in [-0.05, 0) is 33.1 Å². The monoisotopic (exact) mass is 333 g/mol. The predicted octanol–water partition coefficient (Wildman–Crippen LogP) is 3.08. The summed E-state index contributed by atoms with van der Waals surface area (Å²) in [6.07, 6.45) is 1.00. The van der Waals surface area contributed by atoms with Gasteiger partial charge in [-0.2, -0.15) is 5.10 Å². The molecule has 2 aromatic heterocycles. The molecule has 0 saturated carbocycles. The van der Waals surface area contributed by atoms with Crippen LogP contribution in [-0.4, -0.2) is 31.6 Å². The Labute approximate surface area is 138 Å². The Morgan fingerprint density at radius 3 is 2.70 bits per heavy atom. The van der Waals surface area contributed by atoms with E-state index < -0.39 is 5.97 Å². The summed E-state index contributed by atoms with van der Waals surface area (Å²) in [7, 11) is 0. The van der Waals surface area contributed by atoms with E-state index in [2.05, 4.69) is 10.1 Å². The first-order chi connectivity index (χ1) is 10.8. The maximum atomic E-state index is 11.6. The minimum atomic E-state index is -0.996. The topological polar surface area (TPSA) is 85.1 Å². The zero-order valence-electron chi connectivity index (χ0n) is 13.6. The second-order valence-corrected chi connectivity index (χ2v) is 7.41. The SMILES string of the molecule is CC(=O)Cc1nc2c(s1)-c1c(c(C(=O)O)nn1C(C)C)C(C)C2. The van der Waals surface area contributed by atoms with Gasteiger partial charge in [-0.25, -0.2) is 9.78 Å². The molecule has 0 aliphatic heterocycles. The largest absolute Gasteiger partial charge is 0.476 e. The van der Waals surface area contributed by atoms with E-state index >= 15 is 0 Å². The fraction of sp³-hybridized carbons (Fsp3) is 0.500. The van der Waals surface area contributed by atoms with Crippen LogP contribution in [0.5, 0.6) is 0 Å². The molecule has 0 amide bonds. The fourth-order valence-electron chi connectivity index (χ4n) is 3.08. The van der Waals surface area contributed by atoms with Crippen molar-refractivity contribution in [2.24, 2.45) is 0 Å². The number of carboxylic acid groups (broad SMARTS) is 1. The number of ketones is 1. The maximum absolute atomic E-state index is 11.6. The van der Waals surface area contributed by atoms with Crippen LogP contribution in [0.25, 0.3) is 10.6 Å². The van der Waals surface area contributed by atoms with E-state index in [4.69, 9.17) is 0 Å². The van der Waals surface area contributed by atoms with Crippen molar-refractivity contribution in [3.05, 3.63) is 22.0 Å². The highest BCUT2D eigenvalue weighted by Gasteiger charge is 2.35. The molecule has 0 fully saturated rings. The third kappa shape index (κ3) is 2.59. The number of hydrogen-bond acceptors (Lipinski definition) is 5. The maximum Gasteiger partial charge on any atom is 0.356 e. The second-order valence-electron chi connectivity index (χ2n) is 6.32. The Kier molecular flexibility index (Phi) is 3.83. The van der Waals surface area contributed by atoms with Crippen molar-refractivity contribution < 1.29 is 14.7 Å². The van der Waals surface area contributed by atoms with E-state index in [1.165, 1.54) is 11.3 Å². The Balaban J connectivity index is 2.23. The molecule has 23 heavy (non-hydrogen) atoms. The van der Waals surface area contributed by atoms with Gasteiger partial charge in [0.2, 0.25) is 0 Å². The number of thiazole rings is 1. The van der Waals surface area contributed by atoms with Crippen molar-refractivity contribution >= 4 is 23.1 Å². The van der Waals surface area contributed by atoms with E-state index in [-0.39, 0.29) is 23.4 Å². The lowest BCUT2D eigenvalue weighted by molar-refractivity contribution is -0.116. The van der Waals surface area contributed by atoms with E-state index in [1.54, 1.807) is 11.6 Å². The van der Waals surface area contributed by atoms with Gasteiger partial charge < -0.3 is 5.11 Å². The van der Waals surface area contributed by atoms with Gasteiger partial charge in [0.05, 0.1) is 22.7 Å². The number of hydrogen-bond donors (Lipinski definition) is 1. The number of carboxylic acids is 1. The van der Waals surface area contributed by atoms with Crippen LogP contribution < -0.4 is 0 Å². The van der Waals surface area contributed by atoms with Crippen LogP contribution >= 0.6 is 11.3 Å². The summed E-state index contributed by atoms with van der Waals surface area (Å²) in [6, 6.07) is 0.0494. The average Bonchev–Trinajstić information content (AvgIpc) is 2.98. The molecule has 1 aliphatic rings. The number of rotatable bonds is 4. The molecule has 2 aromatic rings. The summed E-state index contributed by atoms with van der Waals surface area (Å²) in [6.45, 7) is 7.52. The summed E-state index contributed by atoms with van der Waals surface area (Å²) >= 11 is 1.48. The molecule has 2 heterocycles. The number of fused-ring (bicyclic) bond motifs is 3. The molecule has 0 spiro atoms. The predicted molar refractivity (Wildman–Crippen MR) is 87.2 cm³/mol. The molecular formula is C16H19N3O3S. The number of aromatic carboxylic acids is 1. The number of Topliss-reactive ketones (excluding diaryl/α,β-unsaturated/α-hetero) is 1. The molecule has 1 unspecified atom stereocenters. The van der Waals surface area contributed by atoms with Crippen molar-refractivity contribution in [3.8, 4) is 10.6 Å². The normalized spacial score (nSPS) is 16.3. The molecule has 7 heteroatoms. The number of carbonyl (C=O) groups excluding carboxylic acids is 1. The lowest BCUT2D eigenvalue weighted by Crippen LogP contribution is -2.12. The van der Waals surface area contributed by atoms with E-state index in [9.17, 15) is 14.7 Å². The molecule has 0 saturated heterocycles. The number of carbonyl (C=O) groups is 2. The van der Waals surface area contributed by atoms with Crippen molar-refractivity contribution in [1.29, 1.82) is 0 Å². The first-order valence-corrected chi connectivity index (χ1v) is 8.45. The van der Waals surface area contributed by atoms with Crippen LogP contribution in [0.2, 0.25) is 0 Å². The van der Waals surface area contributed by atoms with Crippen molar-refractivity contribution in [3.63, 3.8) is 0 Å². The summed E-state index contributed by atoms with van der Waals surface area (Å²) in [5.74, 6) is -0.874. The van der Waals surface area contributed by atoms with Crippen molar-refractivity contribution in [2.45, 2.75) is 52.5 Å². The van der Waals surface area contributed by atoms with Crippen molar-refractivity contribution in [2.75, 3.05) is 0 Å². The molecule has 3 rings (SSSR count). The quantitative estimate of drug-likeness (QED) is 0.929. The van der Waals surface area contributed by atoms with Crippen LogP contribution in [0, 0.1) is 0 Å². The number of aromatic nitrogens is 3. The Bertz CT molecular complexity index is 804. The van der Waals surface area contributed by atoms with Gasteiger partial charge in [0, 0.05) is 11.6 Å². The lowest BCUT2D eigenvalue weighted by atomic mass is 9.88. The third-order valence-electron chi connectivity index (χ3n) is 3.99. The van der Waals surface area contributed by atoms with Crippen LogP contribution in [0.15, 0.2) is 0 Å². The lowest BCUT2D eigenvalue weighted by Gasteiger charge is -2.20. The van der Waals surface area contributed by atoms with Crippen LogP contribution in [0.3, 0.4) is 0 Å². The fourth-order valence-corrected chi connectivity index (χ4v) is 4.29. The third-order valence-corrected chi connectivity index (χ3v) is 5.09. The van der Waals surface area contributed by atoms with Gasteiger partial charge in [0.25, 0.3) is 0 Å². The highest BCUT2D eigenvalue weighted by Crippen LogP contribution is 2.45. The van der Waals surface area contributed by atoms with Crippen LogP contribution in [0.4, 0.5) is 0 Å². The van der Waals surface area contributed by atoms with Gasteiger partial charge >= 0.3 is 5.97 Å². The minimum absolute atomic E-state index is 0.0448. The Hall–Kier alpha value is -2.02. The molecule has 1 N–H and O–H groups in total. The van der Waals surface area contributed by atoms with Gasteiger partial charge in [-0.3, -0.25) is 9.48 Å². The Morgan fingerprint density at radius 1 is 1.43 bits per heavy atom. The van der Waals surface area contributed by atoms with E-state index in [0.29, 0.717) is 12.8 Å². The van der Waals surface area contributed by atoms with E-state index in [0.717, 1.165) is 26.8 Å². The van der Waals surface area contributed by atoms with Crippen LogP contribution in [-0.2, 0) is 17.6 Å². The molecule has 1 aliphatic carbocycles. The molecule has 0 aromatic carbocycles. The van der Waals surface area contributed by atoms with Gasteiger partial charge in [-0.1, -0.05) is 6.92 Å². The van der Waals surface area contributed by atoms with Crippen LogP contribution in [0.1, 0.15) is 66.4 Å². The van der Waals surface area contributed by atoms with E-state index in [1.807, 2.05) is 20.8 Å². The first kappa shape index (κ1) is 15.9. The smallest absolute Gasteiger partial charge is 0.356 e. The molecule has 122 valence electrons. The molecule has 6 nitrogen and oxygen atoms in total. The summed E-state index contributed by atoms with van der Waals surface area (Å²) in [5, 5.41) is 14.6. The standard InChI is InChI=1S/C16H19N3O3S/c1-7(2)19-14-12(13(18-19)16(21)22)8(3)5-10-15(14)23-11(17-10)6-9(4)20/h7-8H,5-6H2,1-4H3,(H,21,22). The Morgan fingerprint density at radius 2 is 2.13 bits per heavy atom. The second kappa shape index (κ2) is 5.56. The van der Waals surface area contributed by atoms with Crippen molar-refractivity contribution in [1.82, 2.24) is 14.8 Å². The zero-order valence-corrected chi connectivity index (χ0v) is 14.4. The van der Waals surface area contributed by atoms with Gasteiger partial charge in [0.15, 0.2) is 5.69 Å². The van der Waals surface area contributed by atoms with Gasteiger partial charge in [0.1, 0.15) is 10.8 Å². The summed E-state index contributed by atoms with van der Waals surface area (Å²) in [5.41, 5.74) is 2.73.